The Morgan fingerprint density at radius 2 is 1.89 bits per heavy atom. The third-order valence-electron chi connectivity index (χ3n) is 5.65. The first-order valence-electron chi connectivity index (χ1n) is 11.9. The van der Waals surface area contributed by atoms with E-state index in [2.05, 4.69) is 45.8 Å². The number of nitrogens with zero attached hydrogens (tertiary/aromatic N) is 6. The van der Waals surface area contributed by atoms with Crippen molar-refractivity contribution >= 4 is 17.5 Å². The summed E-state index contributed by atoms with van der Waals surface area (Å²) >= 11 is 0. The third kappa shape index (κ3) is 5.85. The summed E-state index contributed by atoms with van der Waals surface area (Å²) in [6.45, 7) is 3.83. The number of aryl methyl sites for hydroxylation is 1. The summed E-state index contributed by atoms with van der Waals surface area (Å²) in [6, 6.07) is 14.5. The Bertz CT molecular complexity index is 1530. The first-order valence-corrected chi connectivity index (χ1v) is 11.9. The molecule has 0 saturated heterocycles. The zero-order valence-electron chi connectivity index (χ0n) is 20.8. The molecule has 11 nitrogen and oxygen atoms in total. The monoisotopic (exact) mass is 507 g/mol. The van der Waals surface area contributed by atoms with Gasteiger partial charge in [0.05, 0.1) is 17.5 Å². The average molecular weight is 508 g/mol. The smallest absolute Gasteiger partial charge is 0.270 e. The molecule has 4 N–H and O–H groups in total. The number of aromatic nitrogens is 7. The van der Waals surface area contributed by atoms with Crippen LogP contribution in [0.4, 0.5) is 11.6 Å². The van der Waals surface area contributed by atoms with E-state index in [1.54, 1.807) is 56.0 Å². The number of anilines is 2. The maximum absolute atomic E-state index is 12.6. The van der Waals surface area contributed by atoms with Crippen molar-refractivity contribution in [1.29, 1.82) is 0 Å². The molecule has 0 saturated carbocycles. The zero-order valence-corrected chi connectivity index (χ0v) is 20.8. The molecule has 38 heavy (non-hydrogen) atoms. The normalized spacial score (nSPS) is 11.7. The van der Waals surface area contributed by atoms with Gasteiger partial charge in [-0.25, -0.2) is 9.97 Å². The van der Waals surface area contributed by atoms with Crippen molar-refractivity contribution < 1.29 is 9.90 Å². The Balaban J connectivity index is 1.22. The van der Waals surface area contributed by atoms with E-state index >= 15 is 0 Å². The maximum Gasteiger partial charge on any atom is 0.270 e. The molecule has 5 heterocycles. The second kappa shape index (κ2) is 10.9. The summed E-state index contributed by atoms with van der Waals surface area (Å²) in [5, 5.41) is 22.6. The number of carbonyl (C=O) groups excluding carboxylic acids is 1. The van der Waals surface area contributed by atoms with Gasteiger partial charge < -0.3 is 15.7 Å². The molecule has 5 aromatic heterocycles. The number of aromatic amines is 1. The molecule has 1 atom stereocenters. The highest BCUT2D eigenvalue weighted by atomic mass is 16.3. The first-order chi connectivity index (χ1) is 18.4. The molecule has 5 aromatic rings. The van der Waals surface area contributed by atoms with Crippen LogP contribution in [0.15, 0.2) is 73.3 Å². The number of amides is 1. The lowest BCUT2D eigenvalue weighted by molar-refractivity contribution is 0.0946. The summed E-state index contributed by atoms with van der Waals surface area (Å²) < 4.78 is 0. The van der Waals surface area contributed by atoms with Gasteiger partial charge in [-0.1, -0.05) is 6.07 Å². The lowest BCUT2D eigenvalue weighted by Crippen LogP contribution is -2.23. The van der Waals surface area contributed by atoms with Crippen LogP contribution in [0, 0.1) is 6.92 Å². The highest BCUT2D eigenvalue weighted by molar-refractivity contribution is 5.92. The van der Waals surface area contributed by atoms with Crippen LogP contribution in [0.5, 0.6) is 0 Å². The molecule has 0 fully saturated rings. The summed E-state index contributed by atoms with van der Waals surface area (Å²) in [7, 11) is 0. The number of aliphatic hydroxyl groups excluding tert-OH is 1. The van der Waals surface area contributed by atoms with Gasteiger partial charge in [0.1, 0.15) is 11.5 Å². The number of aliphatic hydroxyl groups is 1. The quantitative estimate of drug-likeness (QED) is 0.246. The lowest BCUT2D eigenvalue weighted by Gasteiger charge is -2.08. The van der Waals surface area contributed by atoms with Crippen LogP contribution in [0.25, 0.3) is 22.6 Å². The van der Waals surface area contributed by atoms with Gasteiger partial charge in [-0.15, -0.1) is 0 Å². The molecular weight excluding hydrogens is 482 g/mol. The van der Waals surface area contributed by atoms with Gasteiger partial charge in [0, 0.05) is 60.3 Å². The van der Waals surface area contributed by atoms with Crippen molar-refractivity contribution in [3.05, 3.63) is 96.0 Å². The van der Waals surface area contributed by atoms with Crippen molar-refractivity contribution in [1.82, 2.24) is 40.4 Å². The van der Waals surface area contributed by atoms with Crippen LogP contribution in [-0.2, 0) is 6.54 Å². The molecule has 0 bridgehead atoms. The van der Waals surface area contributed by atoms with E-state index in [0.29, 0.717) is 35.3 Å². The number of hydrogen-bond acceptors (Lipinski definition) is 9. The summed E-state index contributed by atoms with van der Waals surface area (Å²) in [5.41, 5.74) is 4.89. The van der Waals surface area contributed by atoms with Gasteiger partial charge in [-0.3, -0.25) is 24.8 Å². The van der Waals surface area contributed by atoms with E-state index in [9.17, 15) is 9.90 Å². The Morgan fingerprint density at radius 3 is 2.58 bits per heavy atom. The van der Waals surface area contributed by atoms with Crippen LogP contribution in [0.3, 0.4) is 0 Å². The molecule has 5 rings (SSSR count). The van der Waals surface area contributed by atoms with Crippen molar-refractivity contribution in [2.24, 2.45) is 0 Å². The molecule has 0 radical (unpaired) electrons. The molecule has 0 aliphatic carbocycles. The largest absolute Gasteiger partial charge is 0.387 e. The van der Waals surface area contributed by atoms with Gasteiger partial charge in [0.15, 0.2) is 11.6 Å². The van der Waals surface area contributed by atoms with E-state index in [0.717, 1.165) is 22.5 Å². The number of carbonyl (C=O) groups is 1. The van der Waals surface area contributed by atoms with Crippen molar-refractivity contribution in [3.63, 3.8) is 0 Å². The molecule has 0 aromatic carbocycles. The third-order valence-corrected chi connectivity index (χ3v) is 5.65. The number of hydrogen-bond donors (Lipinski definition) is 4. The average Bonchev–Trinajstić information content (AvgIpc) is 3.41. The molecule has 0 aliphatic rings. The Kier molecular flexibility index (Phi) is 7.09. The van der Waals surface area contributed by atoms with Crippen molar-refractivity contribution in [2.45, 2.75) is 26.5 Å². The number of H-pyrrole nitrogens is 1. The molecule has 190 valence electrons. The van der Waals surface area contributed by atoms with E-state index < -0.39 is 6.10 Å². The summed E-state index contributed by atoms with van der Waals surface area (Å²) in [5.74, 6) is 1.23. The minimum atomic E-state index is -0.655. The van der Waals surface area contributed by atoms with Crippen LogP contribution in [-0.4, -0.2) is 46.1 Å². The Labute approximate surface area is 218 Å². The fourth-order valence-electron chi connectivity index (χ4n) is 3.66. The predicted molar refractivity (Wildman–Crippen MR) is 141 cm³/mol. The second-order valence-corrected chi connectivity index (χ2v) is 8.64. The van der Waals surface area contributed by atoms with Gasteiger partial charge in [0.25, 0.3) is 5.91 Å². The Morgan fingerprint density at radius 1 is 1.00 bits per heavy atom. The fourth-order valence-corrected chi connectivity index (χ4v) is 3.66. The second-order valence-electron chi connectivity index (χ2n) is 8.64. The molecular formula is C27H25N9O2. The molecule has 1 amide bonds. The zero-order chi connectivity index (χ0) is 26.5. The van der Waals surface area contributed by atoms with Crippen LogP contribution in [0.1, 0.15) is 40.5 Å². The fraction of sp³-hybridized carbons (Fsp3) is 0.148. The summed E-state index contributed by atoms with van der Waals surface area (Å²) in [6.07, 6.45) is 6.11. The topological polar surface area (TPSA) is 154 Å². The highest BCUT2D eigenvalue weighted by Crippen LogP contribution is 2.21. The van der Waals surface area contributed by atoms with E-state index in [4.69, 9.17) is 0 Å². The van der Waals surface area contributed by atoms with Gasteiger partial charge >= 0.3 is 0 Å². The maximum atomic E-state index is 12.6. The van der Waals surface area contributed by atoms with Crippen molar-refractivity contribution in [2.75, 3.05) is 5.32 Å². The lowest BCUT2D eigenvalue weighted by atomic mass is 10.1. The minimum Gasteiger partial charge on any atom is -0.387 e. The van der Waals surface area contributed by atoms with Crippen LogP contribution in [0.2, 0.25) is 0 Å². The first kappa shape index (κ1) is 24.7. The van der Waals surface area contributed by atoms with E-state index in [1.165, 1.54) is 0 Å². The number of pyridine rings is 3. The van der Waals surface area contributed by atoms with Gasteiger partial charge in [-0.2, -0.15) is 5.10 Å². The Hall–Kier alpha value is -5.03. The molecule has 11 heteroatoms. The number of nitrogens with one attached hydrogen (secondary N) is 3. The van der Waals surface area contributed by atoms with Gasteiger partial charge in [0.2, 0.25) is 0 Å². The number of rotatable bonds is 8. The summed E-state index contributed by atoms with van der Waals surface area (Å²) in [4.78, 5) is 34.5. The predicted octanol–water partition coefficient (Wildman–Crippen LogP) is 3.75. The minimum absolute atomic E-state index is 0.280. The molecule has 1 unspecified atom stereocenters. The SMILES string of the molecule is Cc1cc(Nc2cc(C(C)O)[nH]n2)nc(-c2ccc(C(=O)NCc3ccc(-c4cccnc4)nc3)nc2)n1. The van der Waals surface area contributed by atoms with E-state index in [-0.39, 0.29) is 11.6 Å². The van der Waals surface area contributed by atoms with Crippen molar-refractivity contribution in [3.8, 4) is 22.6 Å². The standard InChI is InChI=1S/C27H25N9O2/c1-16-10-24(33-25-11-23(17(2)37)35-36-25)34-26(32-16)20-6-8-22(30-15-20)27(38)31-13-18-5-7-21(29-12-18)19-4-3-9-28-14-19/h3-12,14-15,17,37H,13H2,1-2H3,(H,31,38)(H2,32,33,34,35,36). The highest BCUT2D eigenvalue weighted by Gasteiger charge is 2.12. The van der Waals surface area contributed by atoms with E-state index in [1.807, 2.05) is 31.2 Å². The molecule has 0 aliphatic heterocycles. The molecule has 0 spiro atoms. The van der Waals surface area contributed by atoms with Crippen LogP contribution >= 0.6 is 0 Å². The van der Waals surface area contributed by atoms with Crippen LogP contribution < -0.4 is 10.6 Å². The van der Waals surface area contributed by atoms with Gasteiger partial charge in [-0.05, 0) is 49.7 Å².